The van der Waals surface area contributed by atoms with Crippen LogP contribution >= 0.6 is 7.82 Å². The summed E-state index contributed by atoms with van der Waals surface area (Å²) in [6.07, 6.45) is 9.20. The molecule has 0 amide bonds. The van der Waals surface area contributed by atoms with Crippen molar-refractivity contribution >= 4 is 13.8 Å². The van der Waals surface area contributed by atoms with E-state index in [1.54, 1.807) is 0 Å². The molecule has 0 aliphatic heterocycles. The van der Waals surface area contributed by atoms with Crippen LogP contribution in [0.15, 0.2) is 0 Å². The molecular formula is C33H65O12P. The summed E-state index contributed by atoms with van der Waals surface area (Å²) in [6, 6.07) is 0. The highest BCUT2D eigenvalue weighted by Gasteiger charge is 2.51. The summed E-state index contributed by atoms with van der Waals surface area (Å²) >= 11 is 0. The molecule has 0 radical (unpaired) electrons. The van der Waals surface area contributed by atoms with Crippen LogP contribution in [0.25, 0.3) is 0 Å². The van der Waals surface area contributed by atoms with Gasteiger partial charge in [-0.2, -0.15) is 0 Å². The van der Waals surface area contributed by atoms with Gasteiger partial charge >= 0.3 is 13.8 Å². The molecule has 12 nitrogen and oxygen atoms in total. The average molecular weight is 685 g/mol. The number of hydrogen-bond acceptors (Lipinski definition) is 11. The fourth-order valence-electron chi connectivity index (χ4n) is 5.53. The molecule has 0 aromatic carbocycles. The number of ether oxygens (including phenoxy) is 2. The van der Waals surface area contributed by atoms with Crippen molar-refractivity contribution < 1.29 is 58.3 Å². The Morgan fingerprint density at radius 1 is 0.609 bits per heavy atom. The van der Waals surface area contributed by atoms with E-state index < -0.39 is 63.1 Å². The topological polar surface area (TPSA) is 192 Å². The van der Waals surface area contributed by atoms with E-state index in [1.165, 1.54) is 77.0 Å². The van der Waals surface area contributed by atoms with Crippen LogP contribution in [0.4, 0.5) is 0 Å². The van der Waals surface area contributed by atoms with Crippen molar-refractivity contribution in [3.05, 3.63) is 0 Å². The van der Waals surface area contributed by atoms with E-state index in [4.69, 9.17) is 18.5 Å². The fraction of sp³-hybridized carbons (Fsp3) is 0.970. The summed E-state index contributed by atoms with van der Waals surface area (Å²) in [7, 11) is -4.99. The first kappa shape index (κ1) is 43.4. The van der Waals surface area contributed by atoms with Crippen LogP contribution in [0.3, 0.4) is 0 Å². The van der Waals surface area contributed by atoms with Crippen molar-refractivity contribution in [2.75, 3.05) is 19.8 Å². The number of aliphatic hydroxyl groups excluding tert-OH is 5. The normalized spacial score (nSPS) is 25.3. The molecule has 274 valence electrons. The first-order valence-corrected chi connectivity index (χ1v) is 19.4. The zero-order valence-corrected chi connectivity index (χ0v) is 29.3. The molecule has 6 atom stereocenters. The number of phosphoric acid groups is 1. The summed E-state index contributed by atoms with van der Waals surface area (Å²) in [5.74, 6) is -0.480. The Labute approximate surface area is 276 Å². The van der Waals surface area contributed by atoms with E-state index in [2.05, 4.69) is 13.8 Å². The van der Waals surface area contributed by atoms with E-state index in [9.17, 15) is 39.8 Å². The molecule has 0 spiro atoms. The van der Waals surface area contributed by atoms with Crippen LogP contribution in [0.1, 0.15) is 142 Å². The van der Waals surface area contributed by atoms with Gasteiger partial charge in [-0.15, -0.1) is 0 Å². The first-order chi connectivity index (χ1) is 22.0. The van der Waals surface area contributed by atoms with Gasteiger partial charge in [-0.25, -0.2) is 4.57 Å². The summed E-state index contributed by atoms with van der Waals surface area (Å²) in [5, 5.41) is 49.8. The lowest BCUT2D eigenvalue weighted by Gasteiger charge is -2.41. The predicted octanol–water partition coefficient (Wildman–Crippen LogP) is 5.08. The number of aliphatic hydroxyl groups is 5. The van der Waals surface area contributed by atoms with Crippen LogP contribution in [0, 0.1) is 0 Å². The maximum Gasteiger partial charge on any atom is 0.472 e. The van der Waals surface area contributed by atoms with Crippen molar-refractivity contribution in [1.82, 2.24) is 0 Å². The first-order valence-electron chi connectivity index (χ1n) is 17.9. The predicted molar refractivity (Wildman–Crippen MR) is 175 cm³/mol. The molecule has 0 aromatic heterocycles. The van der Waals surface area contributed by atoms with Crippen molar-refractivity contribution in [2.45, 2.75) is 185 Å². The molecule has 0 saturated heterocycles. The van der Waals surface area contributed by atoms with Gasteiger partial charge in [0.15, 0.2) is 0 Å². The van der Waals surface area contributed by atoms with E-state index in [0.29, 0.717) is 13.0 Å². The molecule has 1 aliphatic rings. The molecule has 6 N–H and O–H groups in total. The van der Waals surface area contributed by atoms with Crippen LogP contribution in [0.2, 0.25) is 0 Å². The number of carbonyl (C=O) groups excluding carboxylic acids is 1. The van der Waals surface area contributed by atoms with Gasteiger partial charge in [0.2, 0.25) is 0 Å². The summed E-state index contributed by atoms with van der Waals surface area (Å²) < 4.78 is 33.8. The Morgan fingerprint density at radius 2 is 1.02 bits per heavy atom. The van der Waals surface area contributed by atoms with Gasteiger partial charge in [0, 0.05) is 13.0 Å². The lowest BCUT2D eigenvalue weighted by atomic mass is 9.85. The lowest BCUT2D eigenvalue weighted by Crippen LogP contribution is -2.64. The van der Waals surface area contributed by atoms with E-state index in [1.807, 2.05) is 0 Å². The molecule has 13 heteroatoms. The van der Waals surface area contributed by atoms with E-state index in [-0.39, 0.29) is 13.0 Å². The molecule has 1 rings (SSSR count). The van der Waals surface area contributed by atoms with Crippen molar-refractivity contribution in [3.63, 3.8) is 0 Å². The van der Waals surface area contributed by atoms with Crippen LogP contribution in [0.5, 0.6) is 0 Å². The molecule has 0 heterocycles. The maximum absolute atomic E-state index is 12.7. The second-order valence-electron chi connectivity index (χ2n) is 12.7. The van der Waals surface area contributed by atoms with Crippen molar-refractivity contribution in [2.24, 2.45) is 0 Å². The molecule has 1 saturated carbocycles. The lowest BCUT2D eigenvalue weighted by molar-refractivity contribution is -0.220. The van der Waals surface area contributed by atoms with Gasteiger partial charge in [0.25, 0.3) is 0 Å². The van der Waals surface area contributed by atoms with Gasteiger partial charge in [-0.3, -0.25) is 13.8 Å². The minimum atomic E-state index is -4.99. The zero-order valence-electron chi connectivity index (χ0n) is 28.4. The van der Waals surface area contributed by atoms with Crippen LogP contribution in [-0.2, 0) is 27.9 Å². The van der Waals surface area contributed by atoms with Crippen LogP contribution in [-0.4, -0.2) is 98.9 Å². The molecule has 1 aliphatic carbocycles. The molecule has 0 aromatic rings. The Balaban J connectivity index is 2.52. The second kappa shape index (κ2) is 26.2. The Morgan fingerprint density at radius 3 is 1.50 bits per heavy atom. The third-order valence-corrected chi connectivity index (χ3v) is 9.47. The third kappa shape index (κ3) is 19.4. The smallest absolute Gasteiger partial charge is 0.457 e. The van der Waals surface area contributed by atoms with Gasteiger partial charge in [0.05, 0.1) is 13.2 Å². The van der Waals surface area contributed by atoms with Crippen LogP contribution < -0.4 is 0 Å². The zero-order chi connectivity index (χ0) is 34.2. The quantitative estimate of drug-likeness (QED) is 0.0348. The highest BCUT2D eigenvalue weighted by molar-refractivity contribution is 7.47. The number of rotatable bonds is 29. The maximum atomic E-state index is 12.7. The SMILES string of the molecule is CCCCCCCCCCCCOCC(COP(=O)(O)OC1C(O)C(O)C(O)C(O)C1O)OC(=O)CCCCCCCCCCC. The number of phosphoric ester groups is 1. The largest absolute Gasteiger partial charge is 0.472 e. The highest BCUT2D eigenvalue weighted by Crippen LogP contribution is 2.47. The summed E-state index contributed by atoms with van der Waals surface area (Å²) in [5.41, 5.74) is 0. The fourth-order valence-corrected chi connectivity index (χ4v) is 6.50. The summed E-state index contributed by atoms with van der Waals surface area (Å²) in [6.45, 7) is 4.19. The van der Waals surface area contributed by atoms with Gasteiger partial charge < -0.3 is 39.9 Å². The summed E-state index contributed by atoms with van der Waals surface area (Å²) in [4.78, 5) is 22.8. The Hall–Kier alpha value is -0.660. The number of hydrogen-bond donors (Lipinski definition) is 6. The minimum absolute atomic E-state index is 0.0702. The highest BCUT2D eigenvalue weighted by atomic mass is 31.2. The van der Waals surface area contributed by atoms with Gasteiger partial charge in [-0.1, -0.05) is 123 Å². The van der Waals surface area contributed by atoms with E-state index in [0.717, 1.165) is 38.5 Å². The molecular weight excluding hydrogens is 619 g/mol. The Kier molecular flexibility index (Phi) is 24.7. The van der Waals surface area contributed by atoms with Crippen molar-refractivity contribution in [3.8, 4) is 0 Å². The third-order valence-electron chi connectivity index (χ3n) is 8.48. The Bertz CT molecular complexity index is 787. The molecule has 6 unspecified atom stereocenters. The minimum Gasteiger partial charge on any atom is -0.457 e. The van der Waals surface area contributed by atoms with E-state index >= 15 is 0 Å². The average Bonchev–Trinajstić information content (AvgIpc) is 3.03. The standard InChI is InChI=1S/C33H65O12P/c1-3-5-7-9-11-13-15-17-19-21-23-42-24-26(44-27(34)22-20-18-16-14-12-10-8-6-4-2)25-43-46(40,41)45-33-31(38)29(36)28(35)30(37)32(33)39/h26,28-33,35-39H,3-25H2,1-2H3,(H,40,41). The number of unbranched alkanes of at least 4 members (excludes halogenated alkanes) is 17. The van der Waals surface area contributed by atoms with Gasteiger partial charge in [-0.05, 0) is 12.8 Å². The monoisotopic (exact) mass is 684 g/mol. The molecule has 1 fully saturated rings. The number of esters is 1. The number of carbonyl (C=O) groups is 1. The second-order valence-corrected chi connectivity index (χ2v) is 14.1. The molecule has 0 bridgehead atoms. The molecule has 46 heavy (non-hydrogen) atoms. The van der Waals surface area contributed by atoms with Gasteiger partial charge in [0.1, 0.15) is 42.7 Å². The van der Waals surface area contributed by atoms with Crippen molar-refractivity contribution in [1.29, 1.82) is 0 Å².